The van der Waals surface area contributed by atoms with Gasteiger partial charge in [-0.25, -0.2) is 0 Å². The molecular weight excluding hydrogens is 260 g/mol. The fourth-order valence-corrected chi connectivity index (χ4v) is 2.86. The van der Waals surface area contributed by atoms with E-state index in [-0.39, 0.29) is 0 Å². The van der Waals surface area contributed by atoms with E-state index in [4.69, 9.17) is 4.74 Å². The van der Waals surface area contributed by atoms with Crippen molar-refractivity contribution in [3.63, 3.8) is 0 Å². The molecule has 1 N–H and O–H groups in total. The highest BCUT2D eigenvalue weighted by molar-refractivity contribution is 5.37. The Kier molecular flexibility index (Phi) is 4.26. The number of aliphatic hydroxyl groups excluding tert-OH is 1. The summed E-state index contributed by atoms with van der Waals surface area (Å²) in [5.74, 6) is 0.863. The highest BCUT2D eigenvalue weighted by Crippen LogP contribution is 2.26. The second kappa shape index (κ2) is 6.31. The van der Waals surface area contributed by atoms with Crippen LogP contribution in [-0.4, -0.2) is 11.7 Å². The Labute approximate surface area is 126 Å². The number of rotatable bonds is 4. The van der Waals surface area contributed by atoms with E-state index >= 15 is 0 Å². The van der Waals surface area contributed by atoms with Gasteiger partial charge in [0.05, 0.1) is 0 Å². The molecule has 2 heteroatoms. The predicted molar refractivity (Wildman–Crippen MR) is 84.7 cm³/mol. The molecule has 21 heavy (non-hydrogen) atoms. The molecule has 0 saturated carbocycles. The van der Waals surface area contributed by atoms with Crippen LogP contribution >= 0.6 is 0 Å². The van der Waals surface area contributed by atoms with Gasteiger partial charge >= 0.3 is 0 Å². The van der Waals surface area contributed by atoms with Gasteiger partial charge < -0.3 is 9.84 Å². The van der Waals surface area contributed by atoms with Gasteiger partial charge in [-0.15, -0.1) is 0 Å². The monoisotopic (exact) mass is 282 g/mol. The van der Waals surface area contributed by atoms with Gasteiger partial charge in [-0.2, -0.15) is 0 Å². The molecule has 0 amide bonds. The zero-order chi connectivity index (χ0) is 14.7. The molecule has 0 saturated heterocycles. The lowest BCUT2D eigenvalue weighted by Gasteiger charge is -2.18. The van der Waals surface area contributed by atoms with Gasteiger partial charge in [-0.05, 0) is 61.4 Å². The fourth-order valence-electron chi connectivity index (χ4n) is 2.86. The summed E-state index contributed by atoms with van der Waals surface area (Å²) in [6.45, 7) is 2.33. The minimum atomic E-state index is -0.582. The summed E-state index contributed by atoms with van der Waals surface area (Å²) < 4.78 is 5.77. The smallest absolute Gasteiger partial charge is 0.119 e. The van der Waals surface area contributed by atoms with Gasteiger partial charge in [-0.1, -0.05) is 35.9 Å². The standard InChI is InChI=1S/C19H22O2/c1-14-6-8-16(9-7-14)19(20)13-21-18-11-10-15-4-2-3-5-17(15)12-18/h6-12,19-20H,2-5,13H2,1H3. The summed E-state index contributed by atoms with van der Waals surface area (Å²) in [6.07, 6.45) is 4.30. The summed E-state index contributed by atoms with van der Waals surface area (Å²) in [5, 5.41) is 10.2. The highest BCUT2D eigenvalue weighted by atomic mass is 16.5. The van der Waals surface area contributed by atoms with Gasteiger partial charge in [0.25, 0.3) is 0 Å². The van der Waals surface area contributed by atoms with Crippen molar-refractivity contribution in [3.05, 3.63) is 64.7 Å². The number of aryl methyl sites for hydroxylation is 3. The third-order valence-electron chi connectivity index (χ3n) is 4.19. The molecule has 0 fully saturated rings. The largest absolute Gasteiger partial charge is 0.491 e. The van der Waals surface area contributed by atoms with Crippen molar-refractivity contribution in [3.8, 4) is 5.75 Å². The molecule has 0 aliphatic heterocycles. The number of fused-ring (bicyclic) bond motifs is 1. The molecule has 2 aromatic carbocycles. The zero-order valence-corrected chi connectivity index (χ0v) is 12.5. The molecule has 0 heterocycles. The van der Waals surface area contributed by atoms with Crippen molar-refractivity contribution < 1.29 is 9.84 Å². The first kappa shape index (κ1) is 14.2. The van der Waals surface area contributed by atoms with Crippen LogP contribution in [0.5, 0.6) is 5.75 Å². The molecule has 0 aromatic heterocycles. The lowest BCUT2D eigenvalue weighted by molar-refractivity contribution is 0.108. The quantitative estimate of drug-likeness (QED) is 0.919. The van der Waals surface area contributed by atoms with Gasteiger partial charge in [0, 0.05) is 0 Å². The molecular formula is C19H22O2. The molecule has 1 unspecified atom stereocenters. The average Bonchev–Trinajstić information content (AvgIpc) is 2.53. The molecule has 0 radical (unpaired) electrons. The van der Waals surface area contributed by atoms with Gasteiger partial charge in [0.15, 0.2) is 0 Å². The highest BCUT2D eigenvalue weighted by Gasteiger charge is 2.12. The summed E-state index contributed by atoms with van der Waals surface area (Å²) in [6, 6.07) is 14.3. The van der Waals surface area contributed by atoms with Crippen LogP contribution in [0.15, 0.2) is 42.5 Å². The predicted octanol–water partition coefficient (Wildman–Crippen LogP) is 3.99. The van der Waals surface area contributed by atoms with Crippen LogP contribution in [0.1, 0.15) is 41.2 Å². The Bertz CT molecular complexity index is 601. The first-order valence-electron chi connectivity index (χ1n) is 7.71. The van der Waals surface area contributed by atoms with Gasteiger partial charge in [-0.3, -0.25) is 0 Å². The molecule has 0 spiro atoms. The normalized spacial score (nSPS) is 15.3. The summed E-state index contributed by atoms with van der Waals surface area (Å²) in [5.41, 5.74) is 4.95. The number of hydrogen-bond donors (Lipinski definition) is 1. The number of aliphatic hydroxyl groups is 1. The van der Waals surface area contributed by atoms with Crippen LogP contribution in [0.3, 0.4) is 0 Å². The second-order valence-electron chi connectivity index (χ2n) is 5.88. The molecule has 2 aromatic rings. The van der Waals surface area contributed by atoms with Crippen LogP contribution in [0.25, 0.3) is 0 Å². The van der Waals surface area contributed by atoms with Crippen LogP contribution in [0, 0.1) is 6.92 Å². The Morgan fingerprint density at radius 3 is 2.48 bits per heavy atom. The molecule has 2 nitrogen and oxygen atoms in total. The van der Waals surface area contributed by atoms with Crippen molar-refractivity contribution in [2.45, 2.75) is 38.7 Å². The Morgan fingerprint density at radius 1 is 1.00 bits per heavy atom. The van der Waals surface area contributed by atoms with Crippen molar-refractivity contribution >= 4 is 0 Å². The third-order valence-corrected chi connectivity index (χ3v) is 4.19. The van der Waals surface area contributed by atoms with E-state index in [1.165, 1.54) is 36.0 Å². The average molecular weight is 282 g/mol. The van der Waals surface area contributed by atoms with Gasteiger partial charge in [0.1, 0.15) is 18.5 Å². The first-order chi connectivity index (χ1) is 10.2. The maximum absolute atomic E-state index is 10.2. The van der Waals surface area contributed by atoms with Crippen LogP contribution in [-0.2, 0) is 12.8 Å². The third kappa shape index (κ3) is 3.45. The molecule has 0 bridgehead atoms. The molecule has 1 atom stereocenters. The van der Waals surface area contributed by atoms with Crippen LogP contribution in [0.2, 0.25) is 0 Å². The van der Waals surface area contributed by atoms with Crippen molar-refractivity contribution in [2.75, 3.05) is 6.61 Å². The lowest BCUT2D eigenvalue weighted by Crippen LogP contribution is -2.10. The minimum absolute atomic E-state index is 0.293. The first-order valence-corrected chi connectivity index (χ1v) is 7.71. The number of benzene rings is 2. The summed E-state index contributed by atoms with van der Waals surface area (Å²) in [7, 11) is 0. The lowest BCUT2D eigenvalue weighted by atomic mass is 9.92. The van der Waals surface area contributed by atoms with Gasteiger partial charge in [0.2, 0.25) is 0 Å². The van der Waals surface area contributed by atoms with E-state index in [0.29, 0.717) is 6.61 Å². The zero-order valence-electron chi connectivity index (χ0n) is 12.5. The van der Waals surface area contributed by atoms with E-state index in [2.05, 4.69) is 12.1 Å². The second-order valence-corrected chi connectivity index (χ2v) is 5.88. The topological polar surface area (TPSA) is 29.5 Å². The Morgan fingerprint density at radius 2 is 1.71 bits per heavy atom. The Balaban J connectivity index is 1.63. The van der Waals surface area contributed by atoms with E-state index < -0.39 is 6.10 Å². The van der Waals surface area contributed by atoms with E-state index in [9.17, 15) is 5.11 Å². The maximum atomic E-state index is 10.2. The SMILES string of the molecule is Cc1ccc(C(O)COc2ccc3c(c2)CCCC3)cc1. The van der Waals surface area contributed by atoms with Crippen molar-refractivity contribution in [1.82, 2.24) is 0 Å². The minimum Gasteiger partial charge on any atom is -0.491 e. The van der Waals surface area contributed by atoms with E-state index in [0.717, 1.165) is 17.7 Å². The molecule has 110 valence electrons. The maximum Gasteiger partial charge on any atom is 0.119 e. The number of ether oxygens (including phenoxy) is 1. The summed E-state index contributed by atoms with van der Waals surface area (Å²) >= 11 is 0. The van der Waals surface area contributed by atoms with Crippen LogP contribution in [0.4, 0.5) is 0 Å². The van der Waals surface area contributed by atoms with E-state index in [1.807, 2.05) is 37.3 Å². The Hall–Kier alpha value is -1.80. The number of hydrogen-bond acceptors (Lipinski definition) is 2. The van der Waals surface area contributed by atoms with Crippen molar-refractivity contribution in [1.29, 1.82) is 0 Å². The molecule has 1 aliphatic carbocycles. The van der Waals surface area contributed by atoms with Crippen LogP contribution < -0.4 is 4.74 Å². The molecule has 3 rings (SSSR count). The summed E-state index contributed by atoms with van der Waals surface area (Å²) in [4.78, 5) is 0. The molecule has 1 aliphatic rings. The van der Waals surface area contributed by atoms with E-state index in [1.54, 1.807) is 0 Å². The van der Waals surface area contributed by atoms with Crippen molar-refractivity contribution in [2.24, 2.45) is 0 Å². The fraction of sp³-hybridized carbons (Fsp3) is 0.368.